The standard InChI is InChI=1S/C25H25Cl3N2OS/c1-24(2,3)16-10-14(11-17(23(16)31)25(4,5)6)21(20-8-7-9-32-20)29-30-22-18(27)12-15(26)13-19(22)28/h7-13H,1-6H3. The highest BCUT2D eigenvalue weighted by molar-refractivity contribution is 7.11. The molecule has 0 N–H and O–H groups in total. The van der Waals surface area contributed by atoms with Crippen molar-refractivity contribution in [2.75, 3.05) is 0 Å². The third-order valence-electron chi connectivity index (χ3n) is 4.96. The van der Waals surface area contributed by atoms with E-state index in [4.69, 9.17) is 34.8 Å². The van der Waals surface area contributed by atoms with E-state index in [9.17, 15) is 4.79 Å². The van der Waals surface area contributed by atoms with Crippen LogP contribution in [0.5, 0.6) is 0 Å². The lowest BCUT2D eigenvalue weighted by atomic mass is 9.71. The summed E-state index contributed by atoms with van der Waals surface area (Å²) in [5.41, 5.74) is 2.66. The molecule has 32 heavy (non-hydrogen) atoms. The number of nitrogens with zero attached hydrogens (tertiary/aromatic N) is 2. The van der Waals surface area contributed by atoms with Gasteiger partial charge in [0.1, 0.15) is 11.4 Å². The smallest absolute Gasteiger partial charge is 0.186 e. The van der Waals surface area contributed by atoms with E-state index in [1.807, 2.05) is 71.2 Å². The summed E-state index contributed by atoms with van der Waals surface area (Å²) >= 11 is 20.2. The van der Waals surface area contributed by atoms with Gasteiger partial charge in [-0.05, 0) is 46.6 Å². The van der Waals surface area contributed by atoms with Crippen molar-refractivity contribution in [1.82, 2.24) is 0 Å². The number of Topliss-reactive ketones (excluding diaryl/α,β-unsaturated/α-hetero) is 1. The van der Waals surface area contributed by atoms with Gasteiger partial charge >= 0.3 is 0 Å². The molecule has 3 nitrogen and oxygen atoms in total. The third-order valence-corrected chi connectivity index (χ3v) is 6.64. The normalized spacial score (nSPS) is 15.3. The van der Waals surface area contributed by atoms with E-state index in [1.165, 1.54) is 0 Å². The van der Waals surface area contributed by atoms with E-state index in [1.54, 1.807) is 23.5 Å². The summed E-state index contributed by atoms with van der Waals surface area (Å²) in [5.74, 6) is 0.0695. The van der Waals surface area contributed by atoms with E-state index >= 15 is 0 Å². The molecule has 0 spiro atoms. The number of benzene rings is 1. The SMILES string of the molecule is CC(C)(C)C1=CC(=C(N=Nc2c(Cl)cc(Cl)cc2Cl)c2cccs2)C=C(C(C)(C)C)C1=O. The first kappa shape index (κ1) is 24.9. The summed E-state index contributed by atoms with van der Waals surface area (Å²) in [6.45, 7) is 12.2. The molecule has 3 rings (SSSR count). The highest BCUT2D eigenvalue weighted by atomic mass is 35.5. The Bertz CT molecular complexity index is 1120. The second-order valence-electron chi connectivity index (χ2n) is 9.64. The van der Waals surface area contributed by atoms with Gasteiger partial charge in [-0.1, -0.05) is 82.4 Å². The molecule has 1 heterocycles. The Balaban J connectivity index is 2.28. The van der Waals surface area contributed by atoms with Gasteiger partial charge in [-0.2, -0.15) is 0 Å². The molecule has 0 amide bonds. The van der Waals surface area contributed by atoms with E-state index < -0.39 is 0 Å². The van der Waals surface area contributed by atoms with Gasteiger partial charge in [0.2, 0.25) is 0 Å². The lowest BCUT2D eigenvalue weighted by Gasteiger charge is -2.31. The Kier molecular flexibility index (Phi) is 7.21. The van der Waals surface area contributed by atoms with Crippen LogP contribution in [0.15, 0.2) is 68.7 Å². The number of carbonyl (C=O) groups is 1. The van der Waals surface area contributed by atoms with Crippen LogP contribution >= 0.6 is 46.1 Å². The quantitative estimate of drug-likeness (QED) is 0.381. The number of rotatable bonds is 3. The highest BCUT2D eigenvalue weighted by Gasteiger charge is 2.34. The molecule has 0 unspecified atom stereocenters. The molecule has 0 saturated heterocycles. The van der Waals surface area contributed by atoms with Gasteiger partial charge in [0, 0.05) is 21.7 Å². The van der Waals surface area contributed by atoms with Crippen LogP contribution in [0.1, 0.15) is 46.4 Å². The number of halogens is 3. The van der Waals surface area contributed by atoms with Gasteiger partial charge in [-0.15, -0.1) is 21.6 Å². The number of hydrogen-bond acceptors (Lipinski definition) is 4. The summed E-state index contributed by atoms with van der Waals surface area (Å²) in [4.78, 5) is 14.2. The molecule has 2 aromatic rings. The number of ketones is 1. The minimum absolute atomic E-state index is 0.0695. The van der Waals surface area contributed by atoms with Crippen LogP contribution in [0.2, 0.25) is 15.1 Å². The van der Waals surface area contributed by atoms with E-state index in [2.05, 4.69) is 10.2 Å². The maximum absolute atomic E-state index is 13.3. The van der Waals surface area contributed by atoms with Gasteiger partial charge in [-0.3, -0.25) is 4.79 Å². The predicted molar refractivity (Wildman–Crippen MR) is 137 cm³/mol. The van der Waals surface area contributed by atoms with Crippen molar-refractivity contribution in [3.63, 3.8) is 0 Å². The molecule has 0 fully saturated rings. The van der Waals surface area contributed by atoms with Gasteiger partial charge in [0.25, 0.3) is 0 Å². The molecule has 0 bridgehead atoms. The van der Waals surface area contributed by atoms with Crippen LogP contribution in [-0.2, 0) is 4.79 Å². The Labute approximate surface area is 208 Å². The largest absolute Gasteiger partial charge is 0.289 e. The van der Waals surface area contributed by atoms with E-state index in [0.29, 0.717) is 26.5 Å². The fraction of sp³-hybridized carbons (Fsp3) is 0.320. The fourth-order valence-electron chi connectivity index (χ4n) is 3.27. The number of thiophene rings is 1. The Morgan fingerprint density at radius 1 is 0.906 bits per heavy atom. The number of hydrogen-bond donors (Lipinski definition) is 0. The molecular weight excluding hydrogens is 483 g/mol. The van der Waals surface area contributed by atoms with Crippen molar-refractivity contribution < 1.29 is 4.79 Å². The average Bonchev–Trinajstić information content (AvgIpc) is 3.17. The Morgan fingerprint density at radius 2 is 1.44 bits per heavy atom. The molecule has 0 radical (unpaired) electrons. The first-order valence-corrected chi connectivity index (χ1v) is 12.1. The predicted octanol–water partition coefficient (Wildman–Crippen LogP) is 9.73. The second kappa shape index (κ2) is 9.26. The molecule has 168 valence electrons. The van der Waals surface area contributed by atoms with Crippen LogP contribution in [0.4, 0.5) is 5.69 Å². The highest BCUT2D eigenvalue weighted by Crippen LogP contribution is 2.42. The Hall–Kier alpha value is -1.72. The molecule has 1 aliphatic rings. The maximum Gasteiger partial charge on any atom is 0.186 e. The van der Waals surface area contributed by atoms with E-state index in [-0.39, 0.29) is 16.6 Å². The van der Waals surface area contributed by atoms with Crippen molar-refractivity contribution >= 4 is 63.3 Å². The van der Waals surface area contributed by atoms with Crippen LogP contribution in [0, 0.1) is 10.8 Å². The number of azo groups is 1. The summed E-state index contributed by atoms with van der Waals surface area (Å²) in [6, 6.07) is 7.09. The summed E-state index contributed by atoms with van der Waals surface area (Å²) < 4.78 is 0. The van der Waals surface area contributed by atoms with Crippen LogP contribution in [0.3, 0.4) is 0 Å². The van der Waals surface area contributed by atoms with Gasteiger partial charge < -0.3 is 0 Å². The molecule has 7 heteroatoms. The second-order valence-corrected chi connectivity index (χ2v) is 11.8. The molecular formula is C25H25Cl3N2OS. The summed E-state index contributed by atoms with van der Waals surface area (Å²) in [7, 11) is 0. The number of carbonyl (C=O) groups excluding carboxylic acids is 1. The van der Waals surface area contributed by atoms with Gasteiger partial charge in [0.15, 0.2) is 5.78 Å². The van der Waals surface area contributed by atoms with Crippen LogP contribution in [0.25, 0.3) is 5.70 Å². The van der Waals surface area contributed by atoms with Gasteiger partial charge in [-0.25, -0.2) is 0 Å². The minimum Gasteiger partial charge on any atom is -0.289 e. The zero-order valence-electron chi connectivity index (χ0n) is 18.9. The van der Waals surface area contributed by atoms with Crippen molar-refractivity contribution in [2.45, 2.75) is 41.5 Å². The van der Waals surface area contributed by atoms with Crippen molar-refractivity contribution in [3.8, 4) is 0 Å². The monoisotopic (exact) mass is 506 g/mol. The van der Waals surface area contributed by atoms with Crippen molar-refractivity contribution in [3.05, 3.63) is 78.5 Å². The lowest BCUT2D eigenvalue weighted by molar-refractivity contribution is -0.114. The molecule has 1 aromatic carbocycles. The van der Waals surface area contributed by atoms with Crippen molar-refractivity contribution in [2.24, 2.45) is 21.1 Å². The molecule has 0 aliphatic heterocycles. The third kappa shape index (κ3) is 5.43. The first-order chi connectivity index (χ1) is 14.8. The lowest BCUT2D eigenvalue weighted by Crippen LogP contribution is -2.28. The van der Waals surface area contributed by atoms with Crippen LogP contribution in [-0.4, -0.2) is 5.78 Å². The zero-order chi connectivity index (χ0) is 23.8. The first-order valence-electron chi connectivity index (χ1n) is 10.1. The molecule has 0 atom stereocenters. The summed E-state index contributed by atoms with van der Waals surface area (Å²) in [6.07, 6.45) is 3.85. The molecule has 1 aliphatic carbocycles. The number of allylic oxidation sites excluding steroid dienone is 5. The topological polar surface area (TPSA) is 41.8 Å². The minimum atomic E-state index is -0.326. The van der Waals surface area contributed by atoms with E-state index in [0.717, 1.165) is 21.6 Å². The maximum atomic E-state index is 13.3. The zero-order valence-corrected chi connectivity index (χ0v) is 22.0. The molecule has 0 saturated carbocycles. The summed E-state index contributed by atoms with van der Waals surface area (Å²) in [5, 5.41) is 12.0. The van der Waals surface area contributed by atoms with Gasteiger partial charge in [0.05, 0.1) is 14.9 Å². The average molecular weight is 508 g/mol. The Morgan fingerprint density at radius 3 is 1.88 bits per heavy atom. The van der Waals surface area contributed by atoms with Crippen molar-refractivity contribution in [1.29, 1.82) is 0 Å². The van der Waals surface area contributed by atoms with Crippen LogP contribution < -0.4 is 0 Å². The fourth-order valence-corrected chi connectivity index (χ4v) is 4.90. The molecule has 1 aromatic heterocycles.